The lowest BCUT2D eigenvalue weighted by atomic mass is 9.77. The number of allylic oxidation sites excluding steroid dienone is 1. The predicted molar refractivity (Wildman–Crippen MR) is 279 cm³/mol. The summed E-state index contributed by atoms with van der Waals surface area (Å²) in [4.78, 5) is 4.89. The Kier molecular flexibility index (Phi) is 9.61. The third-order valence-electron chi connectivity index (χ3n) is 15.5. The van der Waals surface area contributed by atoms with E-state index in [9.17, 15) is 0 Å². The van der Waals surface area contributed by atoms with Crippen LogP contribution in [-0.2, 0) is 12.8 Å². The highest BCUT2D eigenvalue weighted by molar-refractivity contribution is 6.89. The van der Waals surface area contributed by atoms with E-state index in [1.54, 1.807) is 5.19 Å². The molecule has 0 N–H and O–H groups in total. The molecule has 5 nitrogen and oxygen atoms in total. The van der Waals surface area contributed by atoms with Crippen molar-refractivity contribution in [2.24, 2.45) is 5.92 Å². The molecule has 0 saturated heterocycles. The SMILES string of the molecule is C=C1CC2C(CCc3ccc4c(oc5ncc(C)cc54)c3-c3n4c5c(cccc5[n+]31)C(C)c1cc(-c3ccccc3)cc(C(C)C)c1-4)c1ccccc1-c1cc(CC(C)C)c([Si](C)(C)C)c[n+]12. The topological polar surface area (TPSA) is 38.7 Å². The van der Waals surface area contributed by atoms with Gasteiger partial charge in [-0.3, -0.25) is 0 Å². The fourth-order valence-corrected chi connectivity index (χ4v) is 14.1. The molecular weight excluding hydrogens is 833 g/mol. The molecule has 334 valence electrons. The minimum Gasteiger partial charge on any atom is -0.437 e. The molecule has 6 heteroatoms. The molecule has 67 heavy (non-hydrogen) atoms. The number of fused-ring (bicyclic) bond motifs is 17. The lowest BCUT2D eigenvalue weighted by molar-refractivity contribution is -0.719. The van der Waals surface area contributed by atoms with E-state index in [0.29, 0.717) is 11.6 Å². The molecule has 0 spiro atoms. The maximum atomic E-state index is 7.10. The van der Waals surface area contributed by atoms with Crippen LogP contribution in [0.15, 0.2) is 133 Å². The van der Waals surface area contributed by atoms with Crippen LogP contribution in [0.3, 0.4) is 0 Å². The summed E-state index contributed by atoms with van der Waals surface area (Å²) in [5, 5.41) is 3.74. The smallest absolute Gasteiger partial charge is 0.304 e. The first-order valence-corrected chi connectivity index (χ1v) is 28.3. The minimum absolute atomic E-state index is 0.169. The second kappa shape index (κ2) is 15.3. The van der Waals surface area contributed by atoms with E-state index in [1.807, 2.05) is 6.20 Å². The van der Waals surface area contributed by atoms with Crippen LogP contribution in [0.4, 0.5) is 0 Å². The van der Waals surface area contributed by atoms with Crippen molar-refractivity contribution in [2.75, 3.05) is 0 Å². The Balaban J connectivity index is 1.19. The maximum absolute atomic E-state index is 7.10. The van der Waals surface area contributed by atoms with Gasteiger partial charge in [0, 0.05) is 62.3 Å². The minimum atomic E-state index is -1.74. The number of hydrogen-bond donors (Lipinski definition) is 0. The lowest BCUT2D eigenvalue weighted by Crippen LogP contribution is -2.54. The molecule has 0 aliphatic carbocycles. The van der Waals surface area contributed by atoms with Gasteiger partial charge >= 0.3 is 5.82 Å². The van der Waals surface area contributed by atoms with Crippen LogP contribution in [0.1, 0.15) is 110 Å². The van der Waals surface area contributed by atoms with Crippen LogP contribution in [0.25, 0.3) is 78.3 Å². The van der Waals surface area contributed by atoms with Gasteiger partial charge in [0.05, 0.1) is 14.5 Å². The predicted octanol–water partition coefficient (Wildman–Crippen LogP) is 14.3. The summed E-state index contributed by atoms with van der Waals surface area (Å²) in [6.07, 6.45) is 8.31. The first kappa shape index (κ1) is 42.0. The molecule has 9 aromatic rings. The van der Waals surface area contributed by atoms with Gasteiger partial charge in [-0.05, 0) is 102 Å². The highest BCUT2D eigenvalue weighted by Crippen LogP contribution is 2.51. The Labute approximate surface area is 396 Å². The normalized spacial score (nSPS) is 17.7. The van der Waals surface area contributed by atoms with Crippen molar-refractivity contribution in [3.05, 3.63) is 167 Å². The summed E-state index contributed by atoms with van der Waals surface area (Å²) in [6.45, 7) is 26.8. The monoisotopic (exact) mass is 894 g/mol. The van der Waals surface area contributed by atoms with E-state index < -0.39 is 8.07 Å². The summed E-state index contributed by atoms with van der Waals surface area (Å²) in [5.41, 5.74) is 22.2. The van der Waals surface area contributed by atoms with Crippen LogP contribution in [0, 0.1) is 12.8 Å². The maximum Gasteiger partial charge on any atom is 0.304 e. The van der Waals surface area contributed by atoms with E-state index in [2.05, 4.69) is 190 Å². The summed E-state index contributed by atoms with van der Waals surface area (Å²) in [6, 6.07) is 41.9. The zero-order valence-corrected chi connectivity index (χ0v) is 41.7. The van der Waals surface area contributed by atoms with Gasteiger partial charge in [-0.25, -0.2) is 4.98 Å². The Morgan fingerprint density at radius 2 is 1.61 bits per heavy atom. The van der Waals surface area contributed by atoms with Gasteiger partial charge in [0.15, 0.2) is 28.9 Å². The number of nitrogens with zero attached hydrogens (tertiary/aromatic N) is 4. The fraction of sp³-hybridized carbons (Fsp3) is 0.295. The van der Waals surface area contributed by atoms with Crippen LogP contribution in [-0.4, -0.2) is 17.6 Å². The van der Waals surface area contributed by atoms with Crippen molar-refractivity contribution < 1.29 is 13.6 Å². The van der Waals surface area contributed by atoms with Crippen molar-refractivity contribution in [3.63, 3.8) is 0 Å². The number of pyridine rings is 2. The molecule has 0 radical (unpaired) electrons. The van der Waals surface area contributed by atoms with Gasteiger partial charge in [-0.1, -0.05) is 134 Å². The lowest BCUT2D eigenvalue weighted by Gasteiger charge is -2.33. The van der Waals surface area contributed by atoms with Crippen molar-refractivity contribution in [2.45, 2.75) is 111 Å². The number of rotatable bonds is 5. The van der Waals surface area contributed by atoms with E-state index in [-0.39, 0.29) is 23.8 Å². The number of aromatic nitrogens is 4. The zero-order chi connectivity index (χ0) is 46.2. The largest absolute Gasteiger partial charge is 0.437 e. The molecule has 7 heterocycles. The number of benzene rings is 5. The molecule has 12 rings (SSSR count). The summed E-state index contributed by atoms with van der Waals surface area (Å²) in [7, 11) is -1.74. The summed E-state index contributed by atoms with van der Waals surface area (Å²) >= 11 is 0. The van der Waals surface area contributed by atoms with Crippen LogP contribution < -0.4 is 14.3 Å². The average Bonchev–Trinajstić information content (AvgIpc) is 3.85. The quantitative estimate of drug-likeness (QED) is 0.128. The Bertz CT molecular complexity index is 3530. The molecular formula is C61H62N4OSi+2. The van der Waals surface area contributed by atoms with Crippen LogP contribution in [0.2, 0.25) is 19.6 Å². The van der Waals surface area contributed by atoms with Gasteiger partial charge < -0.3 is 4.42 Å². The third kappa shape index (κ3) is 6.42. The molecule has 3 aliphatic heterocycles. The van der Waals surface area contributed by atoms with E-state index in [4.69, 9.17) is 16.0 Å². The fourth-order valence-electron chi connectivity index (χ4n) is 12.5. The standard InChI is InChI=1S/C61H62N4OSi/c1-35(2)27-43-32-54-46-20-15-14-19-45(46)47-25-23-41-24-26-48-51-28-37(5)33-62-60(51)66-59(48)56(41)61-64(38(6)29-53(47)63(54)34-55(43)67(8,9)10)52-22-16-21-44-39(7)50-31-42(40-17-12-11-13-18-40)30-49(36(3)4)57(50)65(61)58(44)52/h11-22,24,26,28,30-36,39,47,53H,6,23,25,27,29H2,1-5,7-10H3/q+2. The number of aryl methyl sites for hydroxylation is 2. The second-order valence-electron chi connectivity index (χ2n) is 21.8. The van der Waals surface area contributed by atoms with Crippen LogP contribution >= 0.6 is 0 Å². The molecule has 5 aromatic carbocycles. The average molecular weight is 895 g/mol. The van der Waals surface area contributed by atoms with Gasteiger partial charge in [0.1, 0.15) is 16.9 Å². The molecule has 0 fully saturated rings. The highest BCUT2D eigenvalue weighted by Gasteiger charge is 2.47. The molecule has 4 aromatic heterocycles. The Morgan fingerprint density at radius 1 is 0.836 bits per heavy atom. The molecule has 0 amide bonds. The first-order chi connectivity index (χ1) is 32.3. The molecule has 3 atom stereocenters. The van der Waals surface area contributed by atoms with Gasteiger partial charge in [-0.2, -0.15) is 13.7 Å². The molecule has 0 bridgehead atoms. The van der Waals surface area contributed by atoms with Crippen molar-refractivity contribution in [1.82, 2.24) is 9.55 Å². The second-order valence-corrected chi connectivity index (χ2v) is 26.9. The number of imidazole rings is 1. The number of hydrogen-bond acceptors (Lipinski definition) is 2. The van der Waals surface area contributed by atoms with Gasteiger partial charge in [-0.15, -0.1) is 0 Å². The van der Waals surface area contributed by atoms with Gasteiger partial charge in [0.25, 0.3) is 0 Å². The Morgan fingerprint density at radius 3 is 2.39 bits per heavy atom. The molecule has 0 saturated carbocycles. The number of para-hydroxylation sites is 1. The molecule has 3 aliphatic rings. The summed E-state index contributed by atoms with van der Waals surface area (Å²) in [5.74, 6) is 2.40. The third-order valence-corrected chi connectivity index (χ3v) is 17.6. The highest BCUT2D eigenvalue weighted by atomic mass is 28.3. The van der Waals surface area contributed by atoms with E-state index in [1.165, 1.54) is 72.5 Å². The summed E-state index contributed by atoms with van der Waals surface area (Å²) < 4.78 is 15.0. The van der Waals surface area contributed by atoms with Crippen LogP contribution in [0.5, 0.6) is 0 Å². The van der Waals surface area contributed by atoms with E-state index in [0.717, 1.165) is 64.7 Å². The van der Waals surface area contributed by atoms with Crippen molar-refractivity contribution in [3.8, 4) is 39.5 Å². The van der Waals surface area contributed by atoms with E-state index >= 15 is 0 Å². The van der Waals surface area contributed by atoms with Gasteiger partial charge in [0.2, 0.25) is 11.4 Å². The first-order valence-electron chi connectivity index (χ1n) is 24.8. The number of furan rings is 1. The Hall–Kier alpha value is -6.37. The molecule has 3 unspecified atom stereocenters. The van der Waals surface area contributed by atoms with Crippen molar-refractivity contribution >= 4 is 52.1 Å². The zero-order valence-electron chi connectivity index (χ0n) is 40.7. The van der Waals surface area contributed by atoms with Crippen molar-refractivity contribution in [1.29, 1.82) is 0 Å².